The molecule has 0 unspecified atom stereocenters. The average molecular weight is 345 g/mol. The van der Waals surface area contributed by atoms with Crippen LogP contribution in [0.4, 0.5) is 0 Å². The van der Waals surface area contributed by atoms with Gasteiger partial charge in [-0.25, -0.2) is 4.99 Å². The molecule has 124 valence electrons. The van der Waals surface area contributed by atoms with E-state index in [0.717, 1.165) is 0 Å². The van der Waals surface area contributed by atoms with Crippen LogP contribution in [0.3, 0.4) is 0 Å². The first-order valence-electron chi connectivity index (χ1n) is 7.72. The van der Waals surface area contributed by atoms with E-state index in [9.17, 15) is 10.5 Å². The van der Waals surface area contributed by atoms with Gasteiger partial charge in [-0.2, -0.15) is 10.5 Å². The van der Waals surface area contributed by atoms with Crippen LogP contribution in [0.1, 0.15) is 25.3 Å². The minimum Gasteiger partial charge on any atom is -0.386 e. The number of hydrogen-bond acceptors (Lipinski definition) is 6. The van der Waals surface area contributed by atoms with Gasteiger partial charge in [0.2, 0.25) is 0 Å². The summed E-state index contributed by atoms with van der Waals surface area (Å²) >= 11 is 6.32. The molecule has 1 aromatic rings. The second-order valence-corrected chi connectivity index (χ2v) is 6.15. The van der Waals surface area contributed by atoms with E-state index < -0.39 is 22.7 Å². The van der Waals surface area contributed by atoms with E-state index in [1.54, 1.807) is 32.0 Å². The smallest absolute Gasteiger partial charge is 0.293 e. The number of hydrogen-bond donors (Lipinski definition) is 1. The Labute approximate surface area is 145 Å². The van der Waals surface area contributed by atoms with Crippen LogP contribution in [0, 0.1) is 33.5 Å². The zero-order valence-electron chi connectivity index (χ0n) is 13.4. The molecule has 3 rings (SSSR count). The van der Waals surface area contributed by atoms with Crippen molar-refractivity contribution in [3.8, 4) is 12.1 Å². The summed E-state index contributed by atoms with van der Waals surface area (Å²) in [6.45, 7) is 4.07. The summed E-state index contributed by atoms with van der Waals surface area (Å²) in [6.07, 6.45) is 0. The van der Waals surface area contributed by atoms with Gasteiger partial charge in [-0.3, -0.25) is 0 Å². The van der Waals surface area contributed by atoms with Crippen molar-refractivity contribution < 1.29 is 9.47 Å². The first kappa shape index (κ1) is 16.7. The maximum atomic E-state index is 10.1. The van der Waals surface area contributed by atoms with Crippen molar-refractivity contribution in [3.05, 3.63) is 34.9 Å². The molecule has 1 aliphatic carbocycles. The number of amidine groups is 1. The van der Waals surface area contributed by atoms with Crippen LogP contribution in [0.5, 0.6) is 0 Å². The number of benzene rings is 1. The molecule has 24 heavy (non-hydrogen) atoms. The molecule has 1 saturated carbocycles. The SMILES string of the molecule is CCOC1(OCC)N=C(N)[C@]2(C#N)[C@@H](c3ccccc3Cl)[C@]12C#N. The Hall–Kier alpha value is -2.12. The summed E-state index contributed by atoms with van der Waals surface area (Å²) in [5.41, 5.74) is 4.11. The molecular formula is C17H17ClN4O2. The van der Waals surface area contributed by atoms with Crippen LogP contribution in [-0.2, 0) is 9.47 Å². The molecule has 2 aliphatic rings. The number of aliphatic imine (C=N–C) groups is 1. The molecule has 0 saturated heterocycles. The van der Waals surface area contributed by atoms with Gasteiger partial charge in [-0.1, -0.05) is 29.8 Å². The third-order valence-corrected chi connectivity index (χ3v) is 5.17. The van der Waals surface area contributed by atoms with Crippen molar-refractivity contribution in [2.75, 3.05) is 13.2 Å². The molecule has 1 fully saturated rings. The lowest BCUT2D eigenvalue weighted by atomic mass is 9.93. The second kappa shape index (κ2) is 5.46. The summed E-state index contributed by atoms with van der Waals surface area (Å²) < 4.78 is 11.5. The zero-order chi connectivity index (χ0) is 17.6. The standard InChI is InChI=1S/C17H17ClN4O2/c1-3-23-17(24-4-2)16(10-20)13(11-7-5-6-8-12(11)18)15(16,9-19)14(21)22-17/h5-8,13H,3-4H2,1-2H3,(H2,21,22)/t13-,15+,16+/m1/s1. The summed E-state index contributed by atoms with van der Waals surface area (Å²) in [6, 6.07) is 11.6. The van der Waals surface area contributed by atoms with Gasteiger partial charge in [0.1, 0.15) is 11.3 Å². The quantitative estimate of drug-likeness (QED) is 0.826. The van der Waals surface area contributed by atoms with Gasteiger partial charge in [0.25, 0.3) is 5.91 Å². The third-order valence-electron chi connectivity index (χ3n) is 4.82. The topological polar surface area (TPSA) is 104 Å². The van der Waals surface area contributed by atoms with Crippen LogP contribution in [0.15, 0.2) is 29.3 Å². The van der Waals surface area contributed by atoms with Gasteiger partial charge in [-0.05, 0) is 25.5 Å². The maximum Gasteiger partial charge on any atom is 0.293 e. The molecule has 2 N–H and O–H groups in total. The third kappa shape index (κ3) is 1.63. The normalized spacial score (nSPS) is 32.4. The molecular weight excluding hydrogens is 328 g/mol. The maximum absolute atomic E-state index is 10.1. The van der Waals surface area contributed by atoms with Crippen LogP contribution in [-0.4, -0.2) is 25.0 Å². The van der Waals surface area contributed by atoms with E-state index in [2.05, 4.69) is 17.1 Å². The van der Waals surface area contributed by atoms with Gasteiger partial charge in [-0.15, -0.1) is 0 Å². The highest BCUT2D eigenvalue weighted by Crippen LogP contribution is 2.82. The van der Waals surface area contributed by atoms with E-state index >= 15 is 0 Å². The summed E-state index contributed by atoms with van der Waals surface area (Å²) in [5.74, 6) is -2.11. The Morgan fingerprint density at radius 1 is 1.21 bits per heavy atom. The van der Waals surface area contributed by atoms with Crippen molar-refractivity contribution >= 4 is 17.4 Å². The number of nitrogens with two attached hydrogens (primary N) is 1. The van der Waals surface area contributed by atoms with E-state index in [-0.39, 0.29) is 19.0 Å². The van der Waals surface area contributed by atoms with Crippen molar-refractivity contribution in [2.24, 2.45) is 21.6 Å². The minimum atomic E-state index is -1.60. The lowest BCUT2D eigenvalue weighted by Crippen LogP contribution is -2.43. The average Bonchev–Trinajstić information content (AvgIpc) is 3.14. The molecule has 0 aromatic heterocycles. The predicted octanol–water partition coefficient (Wildman–Crippen LogP) is 2.55. The Morgan fingerprint density at radius 2 is 1.83 bits per heavy atom. The number of rotatable bonds is 5. The molecule has 1 aromatic carbocycles. The van der Waals surface area contributed by atoms with Crippen LogP contribution in [0.2, 0.25) is 5.02 Å². The Bertz CT molecular complexity index is 791. The first-order chi connectivity index (χ1) is 11.5. The van der Waals surface area contributed by atoms with E-state index in [1.807, 2.05) is 6.07 Å². The zero-order valence-corrected chi connectivity index (χ0v) is 14.2. The summed E-state index contributed by atoms with van der Waals surface area (Å²) in [4.78, 5) is 4.28. The monoisotopic (exact) mass is 344 g/mol. The largest absolute Gasteiger partial charge is 0.386 e. The van der Waals surface area contributed by atoms with Gasteiger partial charge in [0, 0.05) is 24.2 Å². The Kier molecular flexibility index (Phi) is 3.80. The summed E-state index contributed by atoms with van der Waals surface area (Å²) in [7, 11) is 0. The molecule has 7 heteroatoms. The number of nitriles is 2. The lowest BCUT2D eigenvalue weighted by molar-refractivity contribution is -0.255. The lowest BCUT2D eigenvalue weighted by Gasteiger charge is -2.31. The minimum absolute atomic E-state index is 0.0540. The van der Waals surface area contributed by atoms with Crippen molar-refractivity contribution in [2.45, 2.75) is 25.7 Å². The molecule has 3 atom stereocenters. The van der Waals surface area contributed by atoms with Gasteiger partial charge < -0.3 is 15.2 Å². The Balaban J connectivity index is 2.25. The molecule has 1 aliphatic heterocycles. The van der Waals surface area contributed by atoms with Crippen LogP contribution >= 0.6 is 11.6 Å². The fourth-order valence-electron chi connectivity index (χ4n) is 3.93. The van der Waals surface area contributed by atoms with Crippen LogP contribution in [0.25, 0.3) is 0 Å². The highest BCUT2D eigenvalue weighted by atomic mass is 35.5. The first-order valence-corrected chi connectivity index (χ1v) is 8.09. The predicted molar refractivity (Wildman–Crippen MR) is 87.9 cm³/mol. The van der Waals surface area contributed by atoms with Gasteiger partial charge in [0.15, 0.2) is 5.41 Å². The highest BCUT2D eigenvalue weighted by Gasteiger charge is 2.93. The van der Waals surface area contributed by atoms with Crippen molar-refractivity contribution in [1.29, 1.82) is 10.5 Å². The van der Waals surface area contributed by atoms with E-state index in [4.69, 9.17) is 26.8 Å². The molecule has 0 bridgehead atoms. The number of nitrogens with zero attached hydrogens (tertiary/aromatic N) is 3. The fourth-order valence-corrected chi connectivity index (χ4v) is 4.17. The van der Waals surface area contributed by atoms with Crippen LogP contribution < -0.4 is 5.73 Å². The van der Waals surface area contributed by atoms with E-state index in [1.165, 1.54) is 0 Å². The Morgan fingerprint density at radius 3 is 2.33 bits per heavy atom. The second-order valence-electron chi connectivity index (χ2n) is 5.74. The fraction of sp³-hybridized carbons (Fsp3) is 0.471. The van der Waals surface area contributed by atoms with E-state index in [0.29, 0.717) is 10.6 Å². The number of ether oxygens (including phenoxy) is 2. The van der Waals surface area contributed by atoms with Gasteiger partial charge >= 0.3 is 0 Å². The number of fused-ring (bicyclic) bond motifs is 1. The highest BCUT2D eigenvalue weighted by molar-refractivity contribution is 6.31. The van der Waals surface area contributed by atoms with Crippen molar-refractivity contribution in [1.82, 2.24) is 0 Å². The molecule has 0 spiro atoms. The number of halogens is 1. The van der Waals surface area contributed by atoms with Crippen molar-refractivity contribution in [3.63, 3.8) is 0 Å². The molecule has 0 amide bonds. The molecule has 0 radical (unpaired) electrons. The molecule has 1 heterocycles. The van der Waals surface area contributed by atoms with Gasteiger partial charge in [0.05, 0.1) is 12.1 Å². The summed E-state index contributed by atoms with van der Waals surface area (Å²) in [5, 5.41) is 20.4. The molecule has 6 nitrogen and oxygen atoms in total.